The molecule has 5 rings (SSSR count). The van der Waals surface area contributed by atoms with Gasteiger partial charge in [0.05, 0.1) is 29.6 Å². The summed E-state index contributed by atoms with van der Waals surface area (Å²) in [4.78, 5) is 40.4. The number of fused-ring (bicyclic) bond motifs is 1. The molecule has 0 spiro atoms. The largest absolute Gasteiger partial charge is 0.394 e. The van der Waals surface area contributed by atoms with Gasteiger partial charge in [-0.3, -0.25) is 14.9 Å². The molecule has 0 unspecified atom stereocenters. The lowest BCUT2D eigenvalue weighted by Crippen LogP contribution is -2.40. The number of carbonyl (C=O) groups is 2. The van der Waals surface area contributed by atoms with Crippen LogP contribution >= 0.6 is 11.6 Å². The molecule has 194 valence electrons. The smallest absolute Gasteiger partial charge is 0.254 e. The average Bonchev–Trinajstić information content (AvgIpc) is 3.45. The first-order valence-electron chi connectivity index (χ1n) is 12.0. The van der Waals surface area contributed by atoms with E-state index in [1.54, 1.807) is 23.0 Å². The van der Waals surface area contributed by atoms with E-state index in [0.29, 0.717) is 40.3 Å². The van der Waals surface area contributed by atoms with Crippen LogP contribution in [0.3, 0.4) is 0 Å². The zero-order valence-corrected chi connectivity index (χ0v) is 21.6. The molecule has 0 radical (unpaired) electrons. The van der Waals surface area contributed by atoms with Gasteiger partial charge in [-0.15, -0.1) is 0 Å². The van der Waals surface area contributed by atoms with Gasteiger partial charge in [-0.25, -0.2) is 15.0 Å². The molecule has 0 saturated heterocycles. The minimum atomic E-state index is -0.553. The van der Waals surface area contributed by atoms with E-state index in [0.717, 1.165) is 16.7 Å². The SMILES string of the molecule is Cc1cccc([C@@H](CO)NC(=O)CN2Cc3ccc(-c4nc(Nc5nccn5C)ncc4Cl)cc3C2=O)c1. The van der Waals surface area contributed by atoms with Gasteiger partial charge in [0.2, 0.25) is 17.8 Å². The van der Waals surface area contributed by atoms with Gasteiger partial charge in [0.15, 0.2) is 0 Å². The Labute approximate surface area is 224 Å². The van der Waals surface area contributed by atoms with Crippen LogP contribution in [0.5, 0.6) is 0 Å². The highest BCUT2D eigenvalue weighted by atomic mass is 35.5. The molecule has 0 saturated carbocycles. The number of aliphatic hydroxyl groups excluding tert-OH is 1. The van der Waals surface area contributed by atoms with Crippen LogP contribution in [0.15, 0.2) is 61.1 Å². The predicted molar refractivity (Wildman–Crippen MR) is 143 cm³/mol. The van der Waals surface area contributed by atoms with Crippen molar-refractivity contribution in [2.75, 3.05) is 18.5 Å². The standard InChI is InChI=1S/C27H26ClN7O3/c1-16-4-3-5-17(10-16)22(15-36)31-23(37)14-35-13-19-7-6-18(11-20(19)25(35)38)24-21(28)12-30-26(32-24)33-27-29-8-9-34(27)2/h3-12,22,36H,13-15H2,1-2H3,(H,31,37)(H,29,30,32,33)/t22-/m1/s1. The molecule has 1 aliphatic rings. The number of nitrogens with one attached hydrogen (secondary N) is 2. The van der Waals surface area contributed by atoms with E-state index >= 15 is 0 Å². The fourth-order valence-corrected chi connectivity index (χ4v) is 4.59. The van der Waals surface area contributed by atoms with Gasteiger partial charge in [-0.1, -0.05) is 53.6 Å². The molecular weight excluding hydrogens is 506 g/mol. The second kappa shape index (κ2) is 10.6. The summed E-state index contributed by atoms with van der Waals surface area (Å²) in [5.74, 6) is 0.276. The lowest BCUT2D eigenvalue weighted by molar-refractivity contribution is -0.122. The lowest BCUT2D eigenvalue weighted by atomic mass is 10.0. The van der Waals surface area contributed by atoms with Crippen LogP contribution in [0.1, 0.15) is 33.1 Å². The van der Waals surface area contributed by atoms with Crippen LogP contribution < -0.4 is 10.6 Å². The molecule has 3 heterocycles. The third-order valence-corrected chi connectivity index (χ3v) is 6.62. The number of aryl methyl sites for hydroxylation is 2. The molecular formula is C27H26ClN7O3. The van der Waals surface area contributed by atoms with Crippen molar-refractivity contribution in [2.45, 2.75) is 19.5 Å². The van der Waals surface area contributed by atoms with E-state index < -0.39 is 6.04 Å². The molecule has 38 heavy (non-hydrogen) atoms. The molecule has 0 bridgehead atoms. The maximum Gasteiger partial charge on any atom is 0.254 e. The normalized spacial score (nSPS) is 13.4. The van der Waals surface area contributed by atoms with E-state index in [9.17, 15) is 14.7 Å². The first-order chi connectivity index (χ1) is 18.3. The number of hydrogen-bond donors (Lipinski definition) is 3. The number of aliphatic hydroxyl groups is 1. The minimum Gasteiger partial charge on any atom is -0.394 e. The molecule has 4 aromatic rings. The summed E-state index contributed by atoms with van der Waals surface area (Å²) >= 11 is 6.41. The van der Waals surface area contributed by atoms with Crippen LogP contribution in [0.25, 0.3) is 11.3 Å². The number of rotatable bonds is 8. The molecule has 11 heteroatoms. The summed E-state index contributed by atoms with van der Waals surface area (Å²) in [5, 5.41) is 16.0. The molecule has 2 aromatic carbocycles. The summed E-state index contributed by atoms with van der Waals surface area (Å²) in [6.45, 7) is 1.88. The minimum absolute atomic E-state index is 0.128. The van der Waals surface area contributed by atoms with Crippen molar-refractivity contribution >= 4 is 35.3 Å². The summed E-state index contributed by atoms with van der Waals surface area (Å²) < 4.78 is 1.79. The fraction of sp³-hybridized carbons (Fsp3) is 0.222. The Balaban J connectivity index is 1.30. The summed E-state index contributed by atoms with van der Waals surface area (Å²) in [6.07, 6.45) is 4.94. The molecule has 10 nitrogen and oxygen atoms in total. The van der Waals surface area contributed by atoms with Crippen molar-refractivity contribution < 1.29 is 14.7 Å². The molecule has 3 N–H and O–H groups in total. The van der Waals surface area contributed by atoms with Crippen LogP contribution in [-0.4, -0.2) is 54.5 Å². The number of anilines is 2. The van der Waals surface area contributed by atoms with Crippen molar-refractivity contribution in [1.29, 1.82) is 0 Å². The topological polar surface area (TPSA) is 125 Å². The van der Waals surface area contributed by atoms with E-state index in [4.69, 9.17) is 11.6 Å². The van der Waals surface area contributed by atoms with Crippen molar-refractivity contribution in [3.05, 3.63) is 88.3 Å². The monoisotopic (exact) mass is 531 g/mol. The highest BCUT2D eigenvalue weighted by Crippen LogP contribution is 2.31. The number of carbonyl (C=O) groups excluding carboxylic acids is 2. The predicted octanol–water partition coefficient (Wildman–Crippen LogP) is 3.39. The van der Waals surface area contributed by atoms with Gasteiger partial charge in [0.1, 0.15) is 6.54 Å². The number of aromatic nitrogens is 4. The van der Waals surface area contributed by atoms with E-state index in [2.05, 4.69) is 25.6 Å². The molecule has 2 amide bonds. The van der Waals surface area contributed by atoms with Crippen molar-refractivity contribution in [3.8, 4) is 11.3 Å². The maximum absolute atomic E-state index is 13.2. The van der Waals surface area contributed by atoms with Gasteiger partial charge in [0.25, 0.3) is 5.91 Å². The Bertz CT molecular complexity index is 1520. The van der Waals surface area contributed by atoms with Crippen molar-refractivity contribution in [1.82, 2.24) is 29.7 Å². The quantitative estimate of drug-likeness (QED) is 0.318. The van der Waals surface area contributed by atoms with Crippen LogP contribution in [-0.2, 0) is 18.4 Å². The Morgan fingerprint density at radius 1 is 1.21 bits per heavy atom. The molecule has 2 aromatic heterocycles. The maximum atomic E-state index is 13.2. The van der Waals surface area contributed by atoms with Gasteiger partial charge in [0, 0.05) is 37.1 Å². The third-order valence-electron chi connectivity index (χ3n) is 6.35. The number of hydrogen-bond acceptors (Lipinski definition) is 7. The average molecular weight is 532 g/mol. The number of halogens is 1. The van der Waals surface area contributed by atoms with Crippen LogP contribution in [0.4, 0.5) is 11.9 Å². The molecule has 1 atom stereocenters. The first-order valence-corrected chi connectivity index (χ1v) is 12.4. The van der Waals surface area contributed by atoms with Gasteiger partial charge in [-0.2, -0.15) is 0 Å². The first kappa shape index (κ1) is 25.4. The van der Waals surface area contributed by atoms with E-state index in [-0.39, 0.29) is 25.0 Å². The number of nitrogens with zero attached hydrogens (tertiary/aromatic N) is 5. The molecule has 0 fully saturated rings. The zero-order chi connectivity index (χ0) is 26.8. The summed E-state index contributed by atoms with van der Waals surface area (Å²) in [5.41, 5.74) is 4.24. The number of benzene rings is 2. The highest BCUT2D eigenvalue weighted by Gasteiger charge is 2.30. The summed E-state index contributed by atoms with van der Waals surface area (Å²) in [6, 6.07) is 12.4. The van der Waals surface area contributed by atoms with Gasteiger partial charge < -0.3 is 19.9 Å². The van der Waals surface area contributed by atoms with Crippen molar-refractivity contribution in [2.24, 2.45) is 7.05 Å². The van der Waals surface area contributed by atoms with Crippen molar-refractivity contribution in [3.63, 3.8) is 0 Å². The Kier molecular flexibility index (Phi) is 7.08. The Morgan fingerprint density at radius 2 is 2.05 bits per heavy atom. The zero-order valence-electron chi connectivity index (χ0n) is 20.8. The Morgan fingerprint density at radius 3 is 2.79 bits per heavy atom. The number of amides is 2. The van der Waals surface area contributed by atoms with E-state index in [1.807, 2.05) is 50.4 Å². The highest BCUT2D eigenvalue weighted by molar-refractivity contribution is 6.33. The molecule has 1 aliphatic heterocycles. The van der Waals surface area contributed by atoms with Gasteiger partial charge >= 0.3 is 0 Å². The second-order valence-corrected chi connectivity index (χ2v) is 9.53. The Hall–Kier alpha value is -4.28. The number of imidazole rings is 1. The van der Waals surface area contributed by atoms with Gasteiger partial charge in [-0.05, 0) is 24.1 Å². The summed E-state index contributed by atoms with van der Waals surface area (Å²) in [7, 11) is 1.84. The van der Waals surface area contributed by atoms with Crippen LogP contribution in [0, 0.1) is 6.92 Å². The van der Waals surface area contributed by atoms with Crippen LogP contribution in [0.2, 0.25) is 5.02 Å². The second-order valence-electron chi connectivity index (χ2n) is 9.13. The third kappa shape index (κ3) is 5.22. The fourth-order valence-electron chi connectivity index (χ4n) is 4.39. The van der Waals surface area contributed by atoms with E-state index in [1.165, 1.54) is 11.1 Å². The lowest BCUT2D eigenvalue weighted by Gasteiger charge is -2.20. The molecule has 0 aliphatic carbocycles.